The van der Waals surface area contributed by atoms with Crippen LogP contribution in [0.25, 0.3) is 6.08 Å². The van der Waals surface area contributed by atoms with Gasteiger partial charge in [-0.3, -0.25) is 4.79 Å². The number of ether oxygens (including phenoxy) is 3. The van der Waals surface area contributed by atoms with E-state index < -0.39 is 12.1 Å². The van der Waals surface area contributed by atoms with E-state index in [9.17, 15) is 9.59 Å². The van der Waals surface area contributed by atoms with E-state index in [1.807, 2.05) is 24.4 Å². The molecular formula is C20H23NO5S. The van der Waals surface area contributed by atoms with Crippen LogP contribution in [-0.2, 0) is 20.9 Å². The Balaban J connectivity index is 1.85. The maximum atomic E-state index is 12.2. The normalized spacial score (nSPS) is 11.9. The minimum atomic E-state index is -0.897. The number of carbonyl (C=O) groups excluding carboxylic acids is 2. The lowest BCUT2D eigenvalue weighted by Gasteiger charge is -2.13. The number of hydrogen-bond acceptors (Lipinski definition) is 6. The van der Waals surface area contributed by atoms with Crippen molar-refractivity contribution in [1.82, 2.24) is 5.32 Å². The summed E-state index contributed by atoms with van der Waals surface area (Å²) in [6.07, 6.45) is 2.12. The van der Waals surface area contributed by atoms with Crippen LogP contribution < -0.4 is 14.8 Å². The van der Waals surface area contributed by atoms with Gasteiger partial charge in [0, 0.05) is 17.5 Å². The molecule has 1 aromatic heterocycles. The molecule has 27 heavy (non-hydrogen) atoms. The second-order valence-corrected chi connectivity index (χ2v) is 6.74. The summed E-state index contributed by atoms with van der Waals surface area (Å²) in [5, 5.41) is 4.69. The Morgan fingerprint density at radius 3 is 2.56 bits per heavy atom. The van der Waals surface area contributed by atoms with Gasteiger partial charge in [0.15, 0.2) is 17.6 Å². The Labute approximate surface area is 162 Å². The van der Waals surface area contributed by atoms with Gasteiger partial charge >= 0.3 is 5.97 Å². The Morgan fingerprint density at radius 1 is 1.19 bits per heavy atom. The van der Waals surface area contributed by atoms with Crippen LogP contribution in [0.5, 0.6) is 11.5 Å². The molecule has 0 fully saturated rings. The van der Waals surface area contributed by atoms with E-state index in [1.165, 1.54) is 24.3 Å². The molecule has 2 aromatic rings. The quantitative estimate of drug-likeness (QED) is 0.554. The summed E-state index contributed by atoms with van der Waals surface area (Å²) in [6, 6.07) is 7.34. The van der Waals surface area contributed by atoms with Crippen molar-refractivity contribution in [2.75, 3.05) is 14.2 Å². The fraction of sp³-hybridized carbons (Fsp3) is 0.300. The summed E-state index contributed by atoms with van der Waals surface area (Å²) in [6.45, 7) is 3.78. The van der Waals surface area contributed by atoms with Crippen LogP contribution in [0.2, 0.25) is 0 Å². The van der Waals surface area contributed by atoms with E-state index in [-0.39, 0.29) is 12.5 Å². The molecule has 2 rings (SSSR count). The van der Waals surface area contributed by atoms with Gasteiger partial charge in [0.25, 0.3) is 5.91 Å². The first kappa shape index (κ1) is 20.5. The number of amides is 1. The van der Waals surface area contributed by atoms with E-state index in [4.69, 9.17) is 14.2 Å². The van der Waals surface area contributed by atoms with Gasteiger partial charge in [-0.15, -0.1) is 11.3 Å². The van der Waals surface area contributed by atoms with Crippen LogP contribution in [0.15, 0.2) is 35.7 Å². The standard InChI is InChI=1S/C20H23NO5S/c1-13-9-10-27-18(13)7-8-19(22)26-14(2)20(23)21-12-15-5-6-16(24-3)17(11-15)25-4/h5-11,14H,12H2,1-4H3,(H,21,23)/b8-7+/t14-/m0/s1. The molecule has 1 N–H and O–H groups in total. The highest BCUT2D eigenvalue weighted by Crippen LogP contribution is 2.27. The molecule has 0 aliphatic heterocycles. The van der Waals surface area contributed by atoms with Crippen molar-refractivity contribution in [3.63, 3.8) is 0 Å². The van der Waals surface area contributed by atoms with E-state index in [0.717, 1.165) is 16.0 Å². The molecule has 0 spiro atoms. The topological polar surface area (TPSA) is 73.9 Å². The average Bonchev–Trinajstić information content (AvgIpc) is 3.08. The molecule has 0 saturated heterocycles. The van der Waals surface area contributed by atoms with Crippen molar-refractivity contribution < 1.29 is 23.8 Å². The molecule has 1 atom stereocenters. The minimum absolute atomic E-state index is 0.283. The highest BCUT2D eigenvalue weighted by Gasteiger charge is 2.16. The fourth-order valence-corrected chi connectivity index (χ4v) is 3.11. The number of thiophene rings is 1. The van der Waals surface area contributed by atoms with Gasteiger partial charge in [-0.25, -0.2) is 4.79 Å². The summed E-state index contributed by atoms with van der Waals surface area (Å²) >= 11 is 1.53. The van der Waals surface area contributed by atoms with Crippen LogP contribution in [-0.4, -0.2) is 32.2 Å². The number of carbonyl (C=O) groups is 2. The Morgan fingerprint density at radius 2 is 1.93 bits per heavy atom. The van der Waals surface area contributed by atoms with Crippen molar-refractivity contribution in [1.29, 1.82) is 0 Å². The molecule has 7 heteroatoms. The number of rotatable bonds is 8. The van der Waals surface area contributed by atoms with Gasteiger partial charge in [-0.1, -0.05) is 6.07 Å². The van der Waals surface area contributed by atoms with E-state index in [1.54, 1.807) is 32.4 Å². The largest absolute Gasteiger partial charge is 0.493 e. The van der Waals surface area contributed by atoms with Crippen molar-refractivity contribution in [3.8, 4) is 11.5 Å². The smallest absolute Gasteiger partial charge is 0.331 e. The first-order chi connectivity index (χ1) is 12.9. The molecule has 6 nitrogen and oxygen atoms in total. The molecule has 0 radical (unpaired) electrons. The monoisotopic (exact) mass is 389 g/mol. The maximum Gasteiger partial charge on any atom is 0.331 e. The molecule has 0 unspecified atom stereocenters. The number of hydrogen-bond donors (Lipinski definition) is 1. The van der Waals surface area contributed by atoms with Gasteiger partial charge in [0.2, 0.25) is 0 Å². The van der Waals surface area contributed by atoms with Gasteiger partial charge in [-0.05, 0) is 54.6 Å². The van der Waals surface area contributed by atoms with Gasteiger partial charge in [-0.2, -0.15) is 0 Å². The Kier molecular flexibility index (Phi) is 7.43. The van der Waals surface area contributed by atoms with Crippen molar-refractivity contribution in [2.24, 2.45) is 0 Å². The van der Waals surface area contributed by atoms with E-state index >= 15 is 0 Å². The van der Waals surface area contributed by atoms with Crippen LogP contribution >= 0.6 is 11.3 Å². The van der Waals surface area contributed by atoms with Crippen LogP contribution in [0.1, 0.15) is 22.9 Å². The zero-order valence-electron chi connectivity index (χ0n) is 15.8. The lowest BCUT2D eigenvalue weighted by molar-refractivity contribution is -0.150. The molecule has 0 bridgehead atoms. The highest BCUT2D eigenvalue weighted by atomic mass is 32.1. The minimum Gasteiger partial charge on any atom is -0.493 e. The molecule has 0 aliphatic rings. The third-order valence-electron chi connectivity index (χ3n) is 3.85. The molecule has 1 heterocycles. The second kappa shape index (κ2) is 9.78. The third-order valence-corrected chi connectivity index (χ3v) is 4.83. The summed E-state index contributed by atoms with van der Waals surface area (Å²) in [5.41, 5.74) is 1.93. The number of aryl methyl sites for hydroxylation is 1. The molecule has 144 valence electrons. The summed E-state index contributed by atoms with van der Waals surface area (Å²) < 4.78 is 15.6. The second-order valence-electron chi connectivity index (χ2n) is 5.79. The van der Waals surface area contributed by atoms with Crippen LogP contribution in [0, 0.1) is 6.92 Å². The van der Waals surface area contributed by atoms with Crippen molar-refractivity contribution in [2.45, 2.75) is 26.5 Å². The van der Waals surface area contributed by atoms with E-state index in [0.29, 0.717) is 11.5 Å². The number of nitrogens with one attached hydrogen (secondary N) is 1. The lowest BCUT2D eigenvalue weighted by atomic mass is 10.2. The molecule has 1 aromatic carbocycles. The SMILES string of the molecule is COc1ccc(CNC(=O)[C@H](C)OC(=O)/C=C/c2sccc2C)cc1OC. The summed E-state index contributed by atoms with van der Waals surface area (Å²) in [7, 11) is 3.11. The first-order valence-corrected chi connectivity index (χ1v) is 9.24. The predicted octanol–water partition coefficient (Wildman–Crippen LogP) is 3.34. The number of methoxy groups -OCH3 is 2. The van der Waals surface area contributed by atoms with Gasteiger partial charge in [0.1, 0.15) is 0 Å². The Bertz CT molecular complexity index is 828. The highest BCUT2D eigenvalue weighted by molar-refractivity contribution is 7.11. The van der Waals surface area contributed by atoms with Crippen molar-refractivity contribution in [3.05, 3.63) is 51.7 Å². The van der Waals surface area contributed by atoms with Gasteiger partial charge < -0.3 is 19.5 Å². The van der Waals surface area contributed by atoms with Crippen LogP contribution in [0.4, 0.5) is 0 Å². The zero-order valence-corrected chi connectivity index (χ0v) is 16.6. The first-order valence-electron chi connectivity index (χ1n) is 8.36. The van der Waals surface area contributed by atoms with Gasteiger partial charge in [0.05, 0.1) is 14.2 Å². The fourth-order valence-electron chi connectivity index (χ4n) is 2.29. The lowest BCUT2D eigenvalue weighted by Crippen LogP contribution is -2.35. The van der Waals surface area contributed by atoms with Crippen molar-refractivity contribution >= 4 is 29.3 Å². The Hall–Kier alpha value is -2.80. The molecule has 0 aliphatic carbocycles. The number of esters is 1. The summed E-state index contributed by atoms with van der Waals surface area (Å²) in [4.78, 5) is 25.0. The molecule has 1 amide bonds. The molecular weight excluding hydrogens is 366 g/mol. The third kappa shape index (κ3) is 5.86. The zero-order chi connectivity index (χ0) is 19.8. The van der Waals surface area contributed by atoms with E-state index in [2.05, 4.69) is 5.32 Å². The maximum absolute atomic E-state index is 12.2. The summed E-state index contributed by atoms with van der Waals surface area (Å²) in [5.74, 6) is 0.260. The molecule has 0 saturated carbocycles. The number of benzene rings is 1. The van der Waals surface area contributed by atoms with Crippen LogP contribution in [0.3, 0.4) is 0 Å². The predicted molar refractivity (Wildman–Crippen MR) is 105 cm³/mol. The average molecular weight is 389 g/mol.